The number of fused-ring (bicyclic) bond motifs is 1. The third-order valence-corrected chi connectivity index (χ3v) is 7.53. The van der Waals surface area contributed by atoms with E-state index in [1.54, 1.807) is 12.1 Å². The van der Waals surface area contributed by atoms with Crippen molar-refractivity contribution in [3.05, 3.63) is 64.1 Å². The van der Waals surface area contributed by atoms with E-state index in [1.807, 2.05) is 50.2 Å². The number of ether oxygens (including phenoxy) is 1. The zero-order valence-electron chi connectivity index (χ0n) is 20.8. The Morgan fingerprint density at radius 2 is 1.81 bits per heavy atom. The Kier molecular flexibility index (Phi) is 8.34. The second-order valence-corrected chi connectivity index (χ2v) is 11.0. The number of amides is 3. The van der Waals surface area contributed by atoms with Gasteiger partial charge in [0, 0.05) is 22.5 Å². The van der Waals surface area contributed by atoms with Gasteiger partial charge in [-0.3, -0.25) is 14.4 Å². The Morgan fingerprint density at radius 3 is 2.44 bits per heavy atom. The van der Waals surface area contributed by atoms with E-state index in [0.29, 0.717) is 11.3 Å². The van der Waals surface area contributed by atoms with Gasteiger partial charge < -0.3 is 20.7 Å². The number of rotatable bonds is 7. The van der Waals surface area contributed by atoms with Gasteiger partial charge in [-0.15, -0.1) is 0 Å². The average Bonchev–Trinajstić information content (AvgIpc) is 2.98. The highest BCUT2D eigenvalue weighted by molar-refractivity contribution is 9.10. The first kappa shape index (κ1) is 26.2. The largest absolute Gasteiger partial charge is 0.480 e. The van der Waals surface area contributed by atoms with Crippen LogP contribution >= 0.6 is 15.9 Å². The summed E-state index contributed by atoms with van der Waals surface area (Å²) in [5.41, 5.74) is 7.32. The third-order valence-electron chi connectivity index (χ3n) is 7.04. The molecule has 1 aliphatic heterocycles. The molecule has 2 aromatic rings. The van der Waals surface area contributed by atoms with Crippen molar-refractivity contribution in [3.63, 3.8) is 0 Å². The molecule has 7 nitrogen and oxygen atoms in total. The molecule has 1 heterocycles. The highest BCUT2D eigenvalue weighted by Gasteiger charge is 2.46. The Balaban J connectivity index is 1.83. The van der Waals surface area contributed by atoms with Crippen LogP contribution in [0, 0.1) is 5.92 Å². The van der Waals surface area contributed by atoms with E-state index in [1.165, 1.54) is 4.90 Å². The van der Waals surface area contributed by atoms with E-state index in [0.717, 1.165) is 42.1 Å². The van der Waals surface area contributed by atoms with Gasteiger partial charge in [-0.05, 0) is 42.5 Å². The van der Waals surface area contributed by atoms with Crippen molar-refractivity contribution in [2.45, 2.75) is 76.6 Å². The first-order chi connectivity index (χ1) is 17.3. The number of halogens is 1. The van der Waals surface area contributed by atoms with Crippen LogP contribution in [0.15, 0.2) is 53.0 Å². The molecule has 3 atom stereocenters. The fourth-order valence-corrected chi connectivity index (χ4v) is 5.55. The maximum atomic E-state index is 14.1. The topological polar surface area (TPSA) is 102 Å². The number of primary amides is 1. The number of hydrogen-bond acceptors (Lipinski definition) is 4. The Morgan fingerprint density at radius 1 is 1.11 bits per heavy atom. The van der Waals surface area contributed by atoms with Gasteiger partial charge in [-0.1, -0.05) is 79.4 Å². The van der Waals surface area contributed by atoms with Crippen LogP contribution in [0.5, 0.6) is 5.75 Å². The lowest BCUT2D eigenvalue weighted by atomic mass is 9.93. The van der Waals surface area contributed by atoms with Gasteiger partial charge in [-0.2, -0.15) is 0 Å². The second kappa shape index (κ2) is 11.5. The van der Waals surface area contributed by atoms with Crippen LogP contribution in [0.4, 0.5) is 0 Å². The molecule has 192 valence electrons. The maximum absolute atomic E-state index is 14.1. The molecule has 2 aromatic carbocycles. The molecule has 0 radical (unpaired) electrons. The zero-order chi connectivity index (χ0) is 25.8. The van der Waals surface area contributed by atoms with Gasteiger partial charge in [0.15, 0.2) is 6.10 Å². The summed E-state index contributed by atoms with van der Waals surface area (Å²) in [6, 6.07) is 12.7. The van der Waals surface area contributed by atoms with E-state index in [9.17, 15) is 14.4 Å². The fraction of sp³-hybridized carbons (Fsp3) is 0.464. The molecule has 3 unspecified atom stereocenters. The number of nitrogens with two attached hydrogens (primary N) is 1. The minimum Gasteiger partial charge on any atom is -0.480 e. The number of hydrogen-bond donors (Lipinski definition) is 2. The molecule has 36 heavy (non-hydrogen) atoms. The fourth-order valence-electron chi connectivity index (χ4n) is 5.17. The van der Waals surface area contributed by atoms with Crippen molar-refractivity contribution in [1.29, 1.82) is 0 Å². The molecule has 1 fully saturated rings. The minimum absolute atomic E-state index is 0.0324. The lowest BCUT2D eigenvalue weighted by Gasteiger charge is -2.37. The van der Waals surface area contributed by atoms with Gasteiger partial charge in [0.2, 0.25) is 11.8 Å². The van der Waals surface area contributed by atoms with Crippen LogP contribution in [-0.2, 0) is 20.8 Å². The number of carbonyl (C=O) groups is 3. The first-order valence-electron chi connectivity index (χ1n) is 12.7. The number of carbonyl (C=O) groups excluding carboxylic acids is 3. The van der Waals surface area contributed by atoms with Gasteiger partial charge in [-0.25, -0.2) is 0 Å². The molecule has 1 aliphatic carbocycles. The van der Waals surface area contributed by atoms with Crippen LogP contribution in [0.2, 0.25) is 0 Å². The minimum atomic E-state index is -1.06. The molecule has 0 bridgehead atoms. The molecule has 3 N–H and O–H groups in total. The van der Waals surface area contributed by atoms with Gasteiger partial charge in [0.05, 0.1) is 0 Å². The highest BCUT2D eigenvalue weighted by atomic mass is 79.9. The molecule has 0 aromatic heterocycles. The van der Waals surface area contributed by atoms with Crippen molar-refractivity contribution in [2.24, 2.45) is 11.7 Å². The summed E-state index contributed by atoms with van der Waals surface area (Å²) in [4.78, 5) is 42.4. The predicted octanol–water partition coefficient (Wildman–Crippen LogP) is 4.28. The SMILES string of the molecule is CC(C)C1Oc2ccc(Br)cc2C(C(=O)NC2CCCCC2)N(C(Cc2ccccc2)C(N)=O)C1=O. The van der Waals surface area contributed by atoms with Crippen molar-refractivity contribution in [1.82, 2.24) is 10.2 Å². The normalized spacial score (nSPS) is 21.3. The van der Waals surface area contributed by atoms with Gasteiger partial charge in [0.1, 0.15) is 17.8 Å². The smallest absolute Gasteiger partial charge is 0.265 e. The Labute approximate surface area is 220 Å². The summed E-state index contributed by atoms with van der Waals surface area (Å²) in [5.74, 6) is -1.13. The summed E-state index contributed by atoms with van der Waals surface area (Å²) in [7, 11) is 0. The summed E-state index contributed by atoms with van der Waals surface area (Å²) in [6.45, 7) is 3.77. The van der Waals surface area contributed by atoms with Crippen LogP contribution in [-0.4, -0.2) is 40.8 Å². The molecule has 0 saturated heterocycles. The number of nitrogens with one attached hydrogen (secondary N) is 1. The third kappa shape index (κ3) is 5.75. The van der Waals surface area contributed by atoms with Crippen molar-refractivity contribution < 1.29 is 19.1 Å². The quantitative estimate of drug-likeness (QED) is 0.532. The summed E-state index contributed by atoms with van der Waals surface area (Å²) < 4.78 is 6.97. The predicted molar refractivity (Wildman–Crippen MR) is 141 cm³/mol. The van der Waals surface area contributed by atoms with Crippen LogP contribution in [0.3, 0.4) is 0 Å². The molecule has 8 heteroatoms. The van der Waals surface area contributed by atoms with Crippen molar-refractivity contribution in [2.75, 3.05) is 0 Å². The Bertz CT molecular complexity index is 1100. The summed E-state index contributed by atoms with van der Waals surface area (Å²) >= 11 is 3.51. The zero-order valence-corrected chi connectivity index (χ0v) is 22.4. The molecule has 3 amide bonds. The van der Waals surface area contributed by atoms with Gasteiger partial charge >= 0.3 is 0 Å². The molecule has 2 aliphatic rings. The molecular weight excluding hydrogens is 522 g/mol. The van der Waals surface area contributed by atoms with Crippen LogP contribution in [0.1, 0.15) is 63.1 Å². The summed E-state index contributed by atoms with van der Waals surface area (Å²) in [6.07, 6.45) is 4.38. The monoisotopic (exact) mass is 555 g/mol. The van der Waals surface area contributed by atoms with E-state index in [-0.39, 0.29) is 24.3 Å². The average molecular weight is 557 g/mol. The van der Waals surface area contributed by atoms with Gasteiger partial charge in [0.25, 0.3) is 5.91 Å². The Hall–Kier alpha value is -2.87. The molecule has 0 spiro atoms. The van der Waals surface area contributed by atoms with Crippen LogP contribution < -0.4 is 15.8 Å². The highest BCUT2D eigenvalue weighted by Crippen LogP contribution is 2.39. The van der Waals surface area contributed by atoms with Crippen LogP contribution in [0.25, 0.3) is 0 Å². The number of benzene rings is 2. The van der Waals surface area contributed by atoms with E-state index in [4.69, 9.17) is 10.5 Å². The number of nitrogens with zero attached hydrogens (tertiary/aromatic N) is 1. The van der Waals surface area contributed by atoms with Crippen molar-refractivity contribution >= 4 is 33.7 Å². The molecule has 1 saturated carbocycles. The van der Waals surface area contributed by atoms with E-state index in [2.05, 4.69) is 21.2 Å². The van der Waals surface area contributed by atoms with E-state index >= 15 is 0 Å². The molecule has 4 rings (SSSR count). The first-order valence-corrected chi connectivity index (χ1v) is 13.5. The lowest BCUT2D eigenvalue weighted by Crippen LogP contribution is -2.57. The van der Waals surface area contributed by atoms with E-state index < -0.39 is 30.0 Å². The lowest BCUT2D eigenvalue weighted by molar-refractivity contribution is -0.152. The second-order valence-electron chi connectivity index (χ2n) is 10.1. The summed E-state index contributed by atoms with van der Waals surface area (Å²) in [5, 5.41) is 3.17. The standard InChI is InChI=1S/C28H34BrN3O4/c1-17(2)25-28(35)32(22(26(30)33)15-18-9-5-3-6-10-18)24(21-16-19(29)13-14-23(21)36-25)27(34)31-20-11-7-4-8-12-20/h3,5-6,9-10,13-14,16-17,20,22,24-25H,4,7-8,11-12,15H2,1-2H3,(H2,30,33)(H,31,34). The maximum Gasteiger partial charge on any atom is 0.265 e. The van der Waals surface area contributed by atoms with Crippen molar-refractivity contribution in [3.8, 4) is 5.75 Å². The molecular formula is C28H34BrN3O4.